The molecule has 0 spiro atoms. The van der Waals surface area contributed by atoms with Crippen LogP contribution in [0, 0.1) is 0 Å². The van der Waals surface area contributed by atoms with Gasteiger partial charge in [-0.25, -0.2) is 9.78 Å². The van der Waals surface area contributed by atoms with Gasteiger partial charge in [-0.15, -0.1) is 0 Å². The number of fused-ring (bicyclic) bond motifs is 3. The van der Waals surface area contributed by atoms with Crippen molar-refractivity contribution < 1.29 is 9.90 Å². The van der Waals surface area contributed by atoms with Crippen molar-refractivity contribution in [1.29, 1.82) is 0 Å². The van der Waals surface area contributed by atoms with Gasteiger partial charge in [0.15, 0.2) is 0 Å². The summed E-state index contributed by atoms with van der Waals surface area (Å²) in [5.74, 6) is 1.08. The normalized spacial score (nSPS) is 19.8. The quantitative estimate of drug-likeness (QED) is 0.680. The third-order valence-electron chi connectivity index (χ3n) is 6.61. The Morgan fingerprint density at radius 1 is 1.13 bits per heavy atom. The highest BCUT2D eigenvalue weighted by atomic mass is 16.4. The first-order chi connectivity index (χ1) is 14.6. The lowest BCUT2D eigenvalue weighted by Gasteiger charge is -2.33. The molecular formula is C24H28N4O2. The van der Waals surface area contributed by atoms with Crippen LogP contribution in [0.2, 0.25) is 0 Å². The van der Waals surface area contributed by atoms with Crippen LogP contribution < -0.4 is 10.2 Å². The van der Waals surface area contributed by atoms with Crippen LogP contribution in [-0.4, -0.2) is 39.9 Å². The van der Waals surface area contributed by atoms with E-state index in [-0.39, 0.29) is 6.04 Å². The largest absolute Gasteiger partial charge is 0.465 e. The Labute approximate surface area is 176 Å². The van der Waals surface area contributed by atoms with Crippen molar-refractivity contribution in [3.63, 3.8) is 0 Å². The molecule has 2 aliphatic heterocycles. The molecule has 0 aliphatic carbocycles. The van der Waals surface area contributed by atoms with Gasteiger partial charge in [0.25, 0.3) is 0 Å². The molecule has 0 bridgehead atoms. The third-order valence-corrected chi connectivity index (χ3v) is 6.61. The SMILES string of the molecule is C[C@H]1CCc2c(ccc3c2nc(Cc2ccccc2)n3C2CCNCC2)N1C(=O)O. The number of amides is 1. The van der Waals surface area contributed by atoms with Crippen LogP contribution in [0.15, 0.2) is 42.5 Å². The van der Waals surface area contributed by atoms with Crippen molar-refractivity contribution >= 4 is 22.8 Å². The molecule has 2 aliphatic rings. The van der Waals surface area contributed by atoms with E-state index in [2.05, 4.69) is 40.2 Å². The highest BCUT2D eigenvalue weighted by molar-refractivity contribution is 5.94. The Morgan fingerprint density at radius 3 is 2.63 bits per heavy atom. The average Bonchev–Trinajstić information content (AvgIpc) is 3.12. The molecule has 0 unspecified atom stereocenters. The fraction of sp³-hybridized carbons (Fsp3) is 0.417. The number of piperidine rings is 1. The molecule has 1 atom stereocenters. The van der Waals surface area contributed by atoms with Crippen LogP contribution in [0.1, 0.15) is 49.2 Å². The number of aryl methyl sites for hydroxylation is 1. The van der Waals surface area contributed by atoms with Crippen molar-refractivity contribution in [1.82, 2.24) is 14.9 Å². The number of nitrogens with zero attached hydrogens (tertiary/aromatic N) is 3. The van der Waals surface area contributed by atoms with E-state index < -0.39 is 6.09 Å². The second kappa shape index (κ2) is 7.76. The summed E-state index contributed by atoms with van der Waals surface area (Å²) in [7, 11) is 0. The van der Waals surface area contributed by atoms with Gasteiger partial charge in [-0.05, 0) is 63.4 Å². The summed E-state index contributed by atoms with van der Waals surface area (Å²) in [5, 5.41) is 13.2. The topological polar surface area (TPSA) is 70.4 Å². The molecule has 3 heterocycles. The second-order valence-electron chi connectivity index (χ2n) is 8.51. The molecule has 3 aromatic rings. The van der Waals surface area contributed by atoms with E-state index in [1.807, 2.05) is 19.1 Å². The molecule has 6 heteroatoms. The van der Waals surface area contributed by atoms with E-state index in [0.717, 1.165) is 73.3 Å². The molecule has 6 nitrogen and oxygen atoms in total. The summed E-state index contributed by atoms with van der Waals surface area (Å²) in [5.41, 5.74) is 5.25. The lowest BCUT2D eigenvalue weighted by Crippen LogP contribution is -2.41. The number of rotatable bonds is 3. The summed E-state index contributed by atoms with van der Waals surface area (Å²) in [6.45, 7) is 4.02. The molecule has 5 rings (SSSR count). The lowest BCUT2D eigenvalue weighted by atomic mass is 9.95. The molecule has 30 heavy (non-hydrogen) atoms. The van der Waals surface area contributed by atoms with Gasteiger partial charge in [0.1, 0.15) is 5.82 Å². The zero-order valence-electron chi connectivity index (χ0n) is 17.3. The van der Waals surface area contributed by atoms with Crippen molar-refractivity contribution in [3.8, 4) is 0 Å². The molecule has 1 aromatic heterocycles. The monoisotopic (exact) mass is 404 g/mol. The number of anilines is 1. The van der Waals surface area contributed by atoms with Gasteiger partial charge in [0.2, 0.25) is 0 Å². The van der Waals surface area contributed by atoms with Crippen LogP contribution in [0.25, 0.3) is 11.0 Å². The fourth-order valence-electron chi connectivity index (χ4n) is 5.11. The standard InChI is InChI=1S/C24H28N4O2/c1-16-7-8-19-20(27(16)24(29)30)9-10-21-23(19)26-22(15-17-5-3-2-4-6-17)28(21)18-11-13-25-14-12-18/h2-6,9-10,16,18,25H,7-8,11-15H2,1H3,(H,29,30)/t16-/m0/s1. The van der Waals surface area contributed by atoms with Crippen LogP contribution in [0.4, 0.5) is 10.5 Å². The second-order valence-corrected chi connectivity index (χ2v) is 8.51. The Bertz CT molecular complexity index is 1070. The number of aromatic nitrogens is 2. The number of carboxylic acid groups (broad SMARTS) is 1. The highest BCUT2D eigenvalue weighted by Gasteiger charge is 2.31. The lowest BCUT2D eigenvalue weighted by molar-refractivity contribution is 0.198. The predicted molar refractivity (Wildman–Crippen MR) is 118 cm³/mol. The maximum atomic E-state index is 11.9. The van der Waals surface area contributed by atoms with E-state index in [0.29, 0.717) is 6.04 Å². The molecular weight excluding hydrogens is 376 g/mol. The maximum Gasteiger partial charge on any atom is 0.412 e. The molecule has 156 valence electrons. The summed E-state index contributed by atoms with van der Waals surface area (Å²) in [6.07, 6.45) is 3.77. The van der Waals surface area contributed by atoms with Gasteiger partial charge in [-0.1, -0.05) is 30.3 Å². The number of benzene rings is 2. The summed E-state index contributed by atoms with van der Waals surface area (Å²) >= 11 is 0. The minimum absolute atomic E-state index is 0.0113. The average molecular weight is 405 g/mol. The Kier molecular flexibility index (Phi) is 4.95. The molecule has 1 saturated heterocycles. The number of imidazole rings is 1. The fourth-order valence-corrected chi connectivity index (χ4v) is 5.11. The number of carbonyl (C=O) groups is 1. The summed E-state index contributed by atoms with van der Waals surface area (Å²) < 4.78 is 2.44. The van der Waals surface area contributed by atoms with Crippen LogP contribution in [0.3, 0.4) is 0 Å². The first-order valence-electron chi connectivity index (χ1n) is 10.9. The van der Waals surface area contributed by atoms with Gasteiger partial charge < -0.3 is 15.0 Å². The van der Waals surface area contributed by atoms with Gasteiger partial charge in [-0.3, -0.25) is 4.90 Å². The van der Waals surface area contributed by atoms with E-state index in [1.54, 1.807) is 0 Å². The Balaban J connectivity index is 1.67. The number of nitrogens with one attached hydrogen (secondary N) is 1. The van der Waals surface area contributed by atoms with E-state index in [1.165, 1.54) is 10.5 Å². The molecule has 0 saturated carbocycles. The minimum atomic E-state index is -0.884. The first-order valence-corrected chi connectivity index (χ1v) is 10.9. The van der Waals surface area contributed by atoms with E-state index >= 15 is 0 Å². The van der Waals surface area contributed by atoms with Crippen molar-refractivity contribution in [2.45, 2.75) is 51.1 Å². The molecule has 2 aromatic carbocycles. The van der Waals surface area contributed by atoms with Crippen molar-refractivity contribution in [2.75, 3.05) is 18.0 Å². The van der Waals surface area contributed by atoms with Crippen molar-refractivity contribution in [2.24, 2.45) is 0 Å². The molecule has 0 radical (unpaired) electrons. The van der Waals surface area contributed by atoms with Crippen LogP contribution >= 0.6 is 0 Å². The zero-order valence-corrected chi connectivity index (χ0v) is 17.3. The minimum Gasteiger partial charge on any atom is -0.465 e. The maximum absolute atomic E-state index is 11.9. The van der Waals surface area contributed by atoms with Crippen molar-refractivity contribution in [3.05, 3.63) is 59.4 Å². The van der Waals surface area contributed by atoms with E-state index in [4.69, 9.17) is 4.98 Å². The molecule has 1 fully saturated rings. The molecule has 1 amide bonds. The van der Waals surface area contributed by atoms with Crippen LogP contribution in [0.5, 0.6) is 0 Å². The first kappa shape index (κ1) is 19.1. The third kappa shape index (κ3) is 3.25. The number of hydrogen-bond donors (Lipinski definition) is 2. The molecule has 2 N–H and O–H groups in total. The van der Waals surface area contributed by atoms with E-state index in [9.17, 15) is 9.90 Å². The van der Waals surface area contributed by atoms with Crippen LogP contribution in [-0.2, 0) is 12.8 Å². The Hall–Kier alpha value is -2.86. The summed E-state index contributed by atoms with van der Waals surface area (Å²) in [4.78, 5) is 18.6. The zero-order chi connectivity index (χ0) is 20.7. The van der Waals surface area contributed by atoms with Gasteiger partial charge >= 0.3 is 6.09 Å². The highest BCUT2D eigenvalue weighted by Crippen LogP contribution is 2.38. The van der Waals surface area contributed by atoms with Gasteiger partial charge in [-0.2, -0.15) is 0 Å². The smallest absolute Gasteiger partial charge is 0.412 e. The van der Waals surface area contributed by atoms with Gasteiger partial charge in [0, 0.05) is 24.1 Å². The number of hydrogen-bond acceptors (Lipinski definition) is 3. The Morgan fingerprint density at radius 2 is 1.90 bits per heavy atom. The summed E-state index contributed by atoms with van der Waals surface area (Å²) in [6, 6.07) is 15.0. The predicted octanol–water partition coefficient (Wildman–Crippen LogP) is 4.37. The van der Waals surface area contributed by atoms with Gasteiger partial charge in [0.05, 0.1) is 16.7 Å².